The Morgan fingerprint density at radius 3 is 2.39 bits per heavy atom. The Morgan fingerprint density at radius 2 is 1.75 bits per heavy atom. The molecular formula is C25H40O3. The monoisotopic (exact) mass is 388 g/mol. The summed E-state index contributed by atoms with van der Waals surface area (Å²) < 4.78 is 0. The summed E-state index contributed by atoms with van der Waals surface area (Å²) in [6.45, 7) is 7.46. The van der Waals surface area contributed by atoms with Gasteiger partial charge in [0.15, 0.2) is 0 Å². The molecule has 8 atom stereocenters. The lowest BCUT2D eigenvalue weighted by molar-refractivity contribution is -0.135. The van der Waals surface area contributed by atoms with Crippen molar-refractivity contribution in [3.8, 4) is 0 Å². The Bertz CT molecular complexity index is 654. The van der Waals surface area contributed by atoms with Gasteiger partial charge in [-0.1, -0.05) is 45.4 Å². The lowest BCUT2D eigenvalue weighted by atomic mass is 9.47. The summed E-state index contributed by atoms with van der Waals surface area (Å²) in [6, 6.07) is 0. The van der Waals surface area contributed by atoms with E-state index in [4.69, 9.17) is 0 Å². The van der Waals surface area contributed by atoms with Gasteiger partial charge in [-0.2, -0.15) is 0 Å². The Labute approximate surface area is 170 Å². The van der Waals surface area contributed by atoms with Crippen molar-refractivity contribution in [3.63, 3.8) is 0 Å². The number of aliphatic hydroxyl groups is 3. The van der Waals surface area contributed by atoms with Crippen LogP contribution in [0.4, 0.5) is 0 Å². The van der Waals surface area contributed by atoms with Gasteiger partial charge in [0.1, 0.15) is 0 Å². The molecule has 0 unspecified atom stereocenters. The normalized spacial score (nSPS) is 51.2. The van der Waals surface area contributed by atoms with Crippen molar-refractivity contribution in [1.29, 1.82) is 0 Å². The van der Waals surface area contributed by atoms with Crippen LogP contribution in [0.1, 0.15) is 72.1 Å². The van der Waals surface area contributed by atoms with E-state index in [0.29, 0.717) is 23.7 Å². The van der Waals surface area contributed by atoms with Gasteiger partial charge in [0.25, 0.3) is 0 Å². The molecule has 0 aliphatic heterocycles. The van der Waals surface area contributed by atoms with Gasteiger partial charge in [-0.25, -0.2) is 0 Å². The summed E-state index contributed by atoms with van der Waals surface area (Å²) in [6.07, 6.45) is 14.6. The molecule has 0 bridgehead atoms. The third kappa shape index (κ3) is 2.80. The fourth-order valence-corrected chi connectivity index (χ4v) is 8.06. The molecule has 3 saturated carbocycles. The van der Waals surface area contributed by atoms with Crippen LogP contribution in [-0.4, -0.2) is 34.1 Å². The van der Waals surface area contributed by atoms with E-state index in [2.05, 4.69) is 39.0 Å². The van der Waals surface area contributed by atoms with Crippen LogP contribution in [-0.2, 0) is 0 Å². The van der Waals surface area contributed by atoms with Gasteiger partial charge in [0.05, 0.1) is 5.60 Å². The predicted octanol–water partition coefficient (Wildman–Crippen LogP) is 4.47. The van der Waals surface area contributed by atoms with Crippen molar-refractivity contribution in [2.24, 2.45) is 40.4 Å². The highest BCUT2D eigenvalue weighted by atomic mass is 16.3. The first-order valence-electron chi connectivity index (χ1n) is 11.6. The van der Waals surface area contributed by atoms with Gasteiger partial charge < -0.3 is 15.3 Å². The number of hydrogen-bond acceptors (Lipinski definition) is 3. The zero-order valence-corrected chi connectivity index (χ0v) is 18.0. The summed E-state index contributed by atoms with van der Waals surface area (Å²) in [5, 5.41) is 32.5. The Kier molecular flexibility index (Phi) is 5.34. The van der Waals surface area contributed by atoms with Crippen LogP contribution >= 0.6 is 0 Å². The molecule has 28 heavy (non-hydrogen) atoms. The van der Waals surface area contributed by atoms with E-state index in [1.165, 1.54) is 12.0 Å². The minimum Gasteiger partial charge on any atom is -0.396 e. The van der Waals surface area contributed by atoms with Crippen LogP contribution < -0.4 is 0 Å². The molecule has 0 radical (unpaired) electrons. The van der Waals surface area contributed by atoms with Crippen molar-refractivity contribution < 1.29 is 15.3 Å². The van der Waals surface area contributed by atoms with E-state index in [1.807, 2.05) is 0 Å². The first-order chi connectivity index (χ1) is 13.3. The van der Waals surface area contributed by atoms with E-state index in [-0.39, 0.29) is 30.0 Å². The molecule has 4 rings (SSSR count). The zero-order valence-electron chi connectivity index (χ0n) is 18.0. The van der Waals surface area contributed by atoms with E-state index in [1.54, 1.807) is 0 Å². The molecular weight excluding hydrogens is 348 g/mol. The van der Waals surface area contributed by atoms with Crippen molar-refractivity contribution in [2.75, 3.05) is 13.2 Å². The predicted molar refractivity (Wildman–Crippen MR) is 113 cm³/mol. The molecule has 4 aliphatic rings. The minimum atomic E-state index is -0.724. The summed E-state index contributed by atoms with van der Waals surface area (Å²) >= 11 is 0. The van der Waals surface area contributed by atoms with Crippen molar-refractivity contribution in [1.82, 2.24) is 0 Å². The molecule has 3 heteroatoms. The second-order valence-corrected chi connectivity index (χ2v) is 11.0. The molecule has 0 spiro atoms. The Morgan fingerprint density at radius 1 is 1.00 bits per heavy atom. The van der Waals surface area contributed by atoms with Crippen molar-refractivity contribution in [3.05, 3.63) is 23.8 Å². The van der Waals surface area contributed by atoms with Gasteiger partial charge in [0, 0.05) is 18.6 Å². The first kappa shape index (κ1) is 20.6. The molecule has 3 N–H and O–H groups in total. The van der Waals surface area contributed by atoms with Crippen LogP contribution in [0.25, 0.3) is 0 Å². The number of hydrogen-bond donors (Lipinski definition) is 3. The van der Waals surface area contributed by atoms with E-state index in [9.17, 15) is 15.3 Å². The average Bonchev–Trinajstić information content (AvgIpc) is 3.31. The third-order valence-electron chi connectivity index (χ3n) is 9.96. The maximum atomic E-state index is 11.8. The lowest BCUT2D eigenvalue weighted by Crippen LogP contribution is -2.56. The van der Waals surface area contributed by atoms with Crippen LogP contribution in [0.5, 0.6) is 0 Å². The first-order valence-corrected chi connectivity index (χ1v) is 11.6. The van der Waals surface area contributed by atoms with Crippen LogP contribution in [0.15, 0.2) is 23.8 Å². The zero-order chi connectivity index (χ0) is 20.2. The fraction of sp³-hybridized carbons (Fsp3) is 0.840. The molecule has 0 aromatic carbocycles. The Balaban J connectivity index is 1.64. The SMILES string of the molecule is C[C@H]1CC[C@](C)([C@H]2CC[C@@]3(C)[C@@H](CC[C@@]3(O)C3=CC=CC3)[C@@H]2CO)[C@@H](CO)C1. The minimum absolute atomic E-state index is 0.102. The van der Waals surface area contributed by atoms with E-state index < -0.39 is 5.60 Å². The molecule has 0 heterocycles. The second kappa shape index (κ2) is 7.25. The van der Waals surface area contributed by atoms with Gasteiger partial charge >= 0.3 is 0 Å². The fourth-order valence-electron chi connectivity index (χ4n) is 8.06. The number of fused-ring (bicyclic) bond motifs is 1. The molecule has 0 aromatic rings. The van der Waals surface area contributed by atoms with Gasteiger partial charge in [0.2, 0.25) is 0 Å². The number of allylic oxidation sites excluding steroid dienone is 3. The largest absolute Gasteiger partial charge is 0.396 e. The quantitative estimate of drug-likeness (QED) is 0.666. The summed E-state index contributed by atoms with van der Waals surface area (Å²) in [7, 11) is 0. The Hall–Kier alpha value is -0.640. The summed E-state index contributed by atoms with van der Waals surface area (Å²) in [4.78, 5) is 0. The van der Waals surface area contributed by atoms with Crippen molar-refractivity contribution >= 4 is 0 Å². The molecule has 4 aliphatic carbocycles. The van der Waals surface area contributed by atoms with E-state index >= 15 is 0 Å². The van der Waals surface area contributed by atoms with Crippen LogP contribution in [0.2, 0.25) is 0 Å². The lowest BCUT2D eigenvalue weighted by Gasteiger charge is -2.58. The average molecular weight is 389 g/mol. The maximum Gasteiger partial charge on any atom is 0.0918 e. The summed E-state index contributed by atoms with van der Waals surface area (Å²) in [5.41, 5.74) is 0.406. The second-order valence-electron chi connectivity index (χ2n) is 11.0. The van der Waals surface area contributed by atoms with Gasteiger partial charge in [-0.15, -0.1) is 0 Å². The third-order valence-corrected chi connectivity index (χ3v) is 9.96. The standard InChI is InChI=1S/C25H40O3/c1-17-8-11-23(2,19(14-17)15-26)21-9-12-24(3)22(20(21)16-27)10-13-25(24,28)18-6-4-5-7-18/h4-6,17,19-22,26-28H,7-16H2,1-3H3/t17-,19+,20+,21-,22-,23-,24-,25+/m0/s1. The molecule has 3 fully saturated rings. The summed E-state index contributed by atoms with van der Waals surface area (Å²) in [5.74, 6) is 2.05. The molecule has 0 amide bonds. The molecule has 0 saturated heterocycles. The maximum absolute atomic E-state index is 11.8. The molecule has 158 valence electrons. The van der Waals surface area contributed by atoms with Crippen LogP contribution in [0, 0.1) is 40.4 Å². The van der Waals surface area contributed by atoms with Gasteiger partial charge in [-0.05, 0) is 85.5 Å². The topological polar surface area (TPSA) is 60.7 Å². The van der Waals surface area contributed by atoms with Crippen LogP contribution in [0.3, 0.4) is 0 Å². The van der Waals surface area contributed by atoms with E-state index in [0.717, 1.165) is 44.9 Å². The molecule has 0 aromatic heterocycles. The van der Waals surface area contributed by atoms with Crippen molar-refractivity contribution in [2.45, 2.75) is 77.7 Å². The smallest absolute Gasteiger partial charge is 0.0918 e. The number of rotatable bonds is 4. The highest BCUT2D eigenvalue weighted by Gasteiger charge is 2.64. The van der Waals surface area contributed by atoms with Gasteiger partial charge in [-0.3, -0.25) is 0 Å². The highest BCUT2D eigenvalue weighted by Crippen LogP contribution is 2.66. The number of aliphatic hydroxyl groups excluding tert-OH is 2. The molecule has 3 nitrogen and oxygen atoms in total. The highest BCUT2D eigenvalue weighted by molar-refractivity contribution is 5.35.